The molecule has 0 unspecified atom stereocenters. The van der Waals surface area contributed by atoms with Gasteiger partial charge < -0.3 is 5.32 Å². The van der Waals surface area contributed by atoms with Crippen LogP contribution in [0.25, 0.3) is 0 Å². The van der Waals surface area contributed by atoms with E-state index in [0.29, 0.717) is 10.7 Å². The van der Waals surface area contributed by atoms with Crippen molar-refractivity contribution in [1.82, 2.24) is 5.32 Å². The first-order valence-corrected chi connectivity index (χ1v) is 12.1. The van der Waals surface area contributed by atoms with Crippen LogP contribution in [-0.2, 0) is 14.8 Å². The van der Waals surface area contributed by atoms with Crippen LogP contribution in [0, 0.1) is 20.8 Å². The molecule has 0 fully saturated rings. The zero-order chi connectivity index (χ0) is 23.5. The number of amides is 1. The number of benzene rings is 3. The Morgan fingerprint density at radius 1 is 0.938 bits per heavy atom. The summed E-state index contributed by atoms with van der Waals surface area (Å²) < 4.78 is 28.0. The summed E-state index contributed by atoms with van der Waals surface area (Å²) in [5, 5.41) is 3.33. The van der Waals surface area contributed by atoms with Gasteiger partial charge in [-0.05, 0) is 63.1 Å². The molecule has 0 aliphatic heterocycles. The molecular formula is C25H27ClN2O3S. The fraction of sp³-hybridized carbons (Fsp3) is 0.240. The summed E-state index contributed by atoms with van der Waals surface area (Å²) in [5.41, 5.74) is 4.16. The predicted molar refractivity (Wildman–Crippen MR) is 130 cm³/mol. The second kappa shape index (κ2) is 9.76. The first-order chi connectivity index (χ1) is 15.1. The van der Waals surface area contributed by atoms with Gasteiger partial charge in [-0.15, -0.1) is 0 Å². The first kappa shape index (κ1) is 23.8. The number of hydrogen-bond acceptors (Lipinski definition) is 3. The van der Waals surface area contributed by atoms with Crippen LogP contribution >= 0.6 is 11.6 Å². The number of carbonyl (C=O) groups is 1. The molecule has 0 radical (unpaired) electrons. The first-order valence-electron chi connectivity index (χ1n) is 10.3. The van der Waals surface area contributed by atoms with Crippen LogP contribution in [-0.4, -0.2) is 20.9 Å². The lowest BCUT2D eigenvalue weighted by atomic mass is 10.1. The molecule has 3 aromatic carbocycles. The molecule has 1 amide bonds. The SMILES string of the molecule is Cc1ccc([C@@H](C)NC(=O)CN(c2ccc(C)c(Cl)c2)S(=O)(=O)c2ccc(C)cc2)cc1. The average molecular weight is 471 g/mol. The third-order valence-corrected chi connectivity index (χ3v) is 7.49. The zero-order valence-electron chi connectivity index (χ0n) is 18.6. The highest BCUT2D eigenvalue weighted by Gasteiger charge is 2.28. The van der Waals surface area contributed by atoms with Crippen molar-refractivity contribution >= 4 is 33.2 Å². The molecule has 1 atom stereocenters. The maximum Gasteiger partial charge on any atom is 0.264 e. The molecule has 0 aliphatic carbocycles. The molecular weight excluding hydrogens is 444 g/mol. The number of hydrogen-bond donors (Lipinski definition) is 1. The number of rotatable bonds is 7. The van der Waals surface area contributed by atoms with E-state index in [9.17, 15) is 13.2 Å². The summed E-state index contributed by atoms with van der Waals surface area (Å²) in [6.07, 6.45) is 0. The quantitative estimate of drug-likeness (QED) is 0.507. The number of nitrogens with one attached hydrogen (secondary N) is 1. The van der Waals surface area contributed by atoms with Crippen LogP contribution in [0.1, 0.15) is 35.2 Å². The molecule has 3 aromatic rings. The third-order valence-electron chi connectivity index (χ3n) is 5.29. The summed E-state index contributed by atoms with van der Waals surface area (Å²) in [5.74, 6) is -0.412. The molecule has 0 heterocycles. The van der Waals surface area contributed by atoms with E-state index >= 15 is 0 Å². The normalized spacial score (nSPS) is 12.3. The Labute approximate surface area is 195 Å². The number of sulfonamides is 1. The van der Waals surface area contributed by atoms with Gasteiger partial charge in [-0.3, -0.25) is 9.10 Å². The number of nitrogens with zero attached hydrogens (tertiary/aromatic N) is 1. The Hall–Kier alpha value is -2.83. The van der Waals surface area contributed by atoms with Crippen LogP contribution in [0.5, 0.6) is 0 Å². The highest BCUT2D eigenvalue weighted by molar-refractivity contribution is 7.92. The van der Waals surface area contributed by atoms with Crippen LogP contribution < -0.4 is 9.62 Å². The summed E-state index contributed by atoms with van der Waals surface area (Å²) in [4.78, 5) is 13.0. The largest absolute Gasteiger partial charge is 0.348 e. The van der Waals surface area contributed by atoms with E-state index in [0.717, 1.165) is 26.6 Å². The van der Waals surface area contributed by atoms with E-state index in [1.165, 1.54) is 0 Å². The van der Waals surface area contributed by atoms with Crippen molar-refractivity contribution in [2.24, 2.45) is 0 Å². The Morgan fingerprint density at radius 3 is 2.06 bits per heavy atom. The second-order valence-corrected chi connectivity index (χ2v) is 10.2. The molecule has 1 N–H and O–H groups in total. The molecule has 7 heteroatoms. The number of carbonyl (C=O) groups excluding carboxylic acids is 1. The Bertz CT molecular complexity index is 1210. The summed E-state index contributed by atoms with van der Waals surface area (Å²) in [7, 11) is -3.99. The lowest BCUT2D eigenvalue weighted by molar-refractivity contribution is -0.120. The summed E-state index contributed by atoms with van der Waals surface area (Å²) >= 11 is 6.27. The van der Waals surface area contributed by atoms with Gasteiger partial charge in [0.25, 0.3) is 10.0 Å². The van der Waals surface area contributed by atoms with Gasteiger partial charge in [-0.25, -0.2) is 8.42 Å². The number of halogens is 1. The molecule has 0 saturated carbocycles. The lowest BCUT2D eigenvalue weighted by Gasteiger charge is -2.25. The molecule has 3 rings (SSSR count). The van der Waals surface area contributed by atoms with Crippen molar-refractivity contribution < 1.29 is 13.2 Å². The number of anilines is 1. The highest BCUT2D eigenvalue weighted by atomic mass is 35.5. The van der Waals surface area contributed by atoms with Gasteiger partial charge in [-0.2, -0.15) is 0 Å². The lowest BCUT2D eigenvalue weighted by Crippen LogP contribution is -2.41. The molecule has 5 nitrogen and oxygen atoms in total. The van der Waals surface area contributed by atoms with E-state index in [-0.39, 0.29) is 17.5 Å². The van der Waals surface area contributed by atoms with Gasteiger partial charge in [0.1, 0.15) is 6.54 Å². The third kappa shape index (κ3) is 5.50. The Morgan fingerprint density at radius 2 is 1.50 bits per heavy atom. The van der Waals surface area contributed by atoms with E-state index in [1.54, 1.807) is 42.5 Å². The van der Waals surface area contributed by atoms with Crippen LogP contribution in [0.3, 0.4) is 0 Å². The topological polar surface area (TPSA) is 66.5 Å². The molecule has 32 heavy (non-hydrogen) atoms. The minimum Gasteiger partial charge on any atom is -0.348 e. The van der Waals surface area contributed by atoms with Crippen LogP contribution in [0.15, 0.2) is 71.6 Å². The van der Waals surface area contributed by atoms with Gasteiger partial charge in [0.2, 0.25) is 5.91 Å². The second-order valence-electron chi connectivity index (χ2n) is 7.96. The molecule has 0 saturated heterocycles. The van der Waals surface area contributed by atoms with Gasteiger partial charge in [0.05, 0.1) is 16.6 Å². The van der Waals surface area contributed by atoms with Crippen LogP contribution in [0.2, 0.25) is 5.02 Å². The van der Waals surface area contributed by atoms with Crippen molar-refractivity contribution in [1.29, 1.82) is 0 Å². The molecule has 0 aromatic heterocycles. The highest BCUT2D eigenvalue weighted by Crippen LogP contribution is 2.28. The molecule has 0 aliphatic rings. The summed E-state index contributed by atoms with van der Waals surface area (Å²) in [6.45, 7) is 7.21. The van der Waals surface area contributed by atoms with Crippen molar-refractivity contribution in [3.63, 3.8) is 0 Å². The van der Waals surface area contributed by atoms with Crippen molar-refractivity contribution in [3.05, 3.63) is 94.0 Å². The fourth-order valence-corrected chi connectivity index (χ4v) is 4.83. The van der Waals surface area contributed by atoms with E-state index in [2.05, 4.69) is 5.32 Å². The van der Waals surface area contributed by atoms with Gasteiger partial charge in [0, 0.05) is 5.02 Å². The Balaban J connectivity index is 1.91. The number of aryl methyl sites for hydroxylation is 3. The molecule has 0 spiro atoms. The zero-order valence-corrected chi connectivity index (χ0v) is 20.2. The van der Waals surface area contributed by atoms with Gasteiger partial charge in [-0.1, -0.05) is 65.2 Å². The van der Waals surface area contributed by atoms with Crippen molar-refractivity contribution in [2.75, 3.05) is 10.8 Å². The van der Waals surface area contributed by atoms with E-state index in [1.807, 2.05) is 52.0 Å². The monoisotopic (exact) mass is 470 g/mol. The smallest absolute Gasteiger partial charge is 0.264 e. The average Bonchev–Trinajstić information content (AvgIpc) is 2.74. The van der Waals surface area contributed by atoms with E-state index in [4.69, 9.17) is 11.6 Å². The molecule has 168 valence electrons. The van der Waals surface area contributed by atoms with Gasteiger partial charge >= 0.3 is 0 Å². The standard InChI is InChI=1S/C25H27ClN2O3S/c1-17-5-10-21(11-6-17)20(4)27-25(29)16-28(22-12-9-19(3)24(26)15-22)32(30,31)23-13-7-18(2)8-14-23/h5-15,20H,16H2,1-4H3,(H,27,29)/t20-/m1/s1. The predicted octanol–water partition coefficient (Wildman–Crippen LogP) is 5.34. The van der Waals surface area contributed by atoms with Gasteiger partial charge in [0.15, 0.2) is 0 Å². The minimum absolute atomic E-state index is 0.110. The fourth-order valence-electron chi connectivity index (χ4n) is 3.25. The van der Waals surface area contributed by atoms with Crippen molar-refractivity contribution in [2.45, 2.75) is 38.6 Å². The maximum atomic E-state index is 13.5. The van der Waals surface area contributed by atoms with Crippen LogP contribution in [0.4, 0.5) is 5.69 Å². The summed E-state index contributed by atoms with van der Waals surface area (Å²) in [6, 6.07) is 19.1. The maximum absolute atomic E-state index is 13.5. The molecule has 0 bridgehead atoms. The minimum atomic E-state index is -3.99. The van der Waals surface area contributed by atoms with Crippen molar-refractivity contribution in [3.8, 4) is 0 Å². The Kier molecular flexibility index (Phi) is 7.26. The van der Waals surface area contributed by atoms with E-state index < -0.39 is 15.9 Å².